The topological polar surface area (TPSA) is 100 Å². The lowest BCUT2D eigenvalue weighted by atomic mass is 10.2. The normalized spacial score (nSPS) is 11.8. The highest BCUT2D eigenvalue weighted by molar-refractivity contribution is 5.86. The molecule has 7 heteroatoms. The second kappa shape index (κ2) is 9.97. The van der Waals surface area contributed by atoms with Crippen LogP contribution in [0.1, 0.15) is 18.1 Å². The molecule has 0 spiro atoms. The highest BCUT2D eigenvalue weighted by Crippen LogP contribution is 2.21. The quantitative estimate of drug-likeness (QED) is 0.392. The van der Waals surface area contributed by atoms with E-state index in [1.165, 1.54) is 24.4 Å². The zero-order valence-electron chi connectivity index (χ0n) is 16.4. The average molecular weight is 406 g/mol. The number of nitrogens with zero attached hydrogens (tertiary/aromatic N) is 1. The standard InChI is InChI=1S/C23H22N2O5/c1-16(23(28)25-24-14-18-7-8-19(26)13-22(18)27)30-21-11-9-20(10-12-21)29-15-17-5-3-2-4-6-17/h2-14,16,26-27H,15H2,1H3,(H,25,28)/b24-14-/t16-/m0/s1. The SMILES string of the molecule is C[C@H](Oc1ccc(OCc2ccccc2)cc1)C(=O)N/N=C\c1ccc(O)cc1O. The van der Waals surface area contributed by atoms with Crippen molar-refractivity contribution in [3.63, 3.8) is 0 Å². The van der Waals surface area contributed by atoms with E-state index in [0.717, 1.165) is 5.56 Å². The third-order valence-electron chi connectivity index (χ3n) is 4.15. The number of amides is 1. The molecule has 0 saturated carbocycles. The van der Waals surface area contributed by atoms with E-state index in [9.17, 15) is 15.0 Å². The van der Waals surface area contributed by atoms with Crippen LogP contribution in [0.4, 0.5) is 0 Å². The number of nitrogens with one attached hydrogen (secondary N) is 1. The molecule has 1 atom stereocenters. The van der Waals surface area contributed by atoms with Gasteiger partial charge >= 0.3 is 0 Å². The summed E-state index contributed by atoms with van der Waals surface area (Å²) < 4.78 is 11.3. The van der Waals surface area contributed by atoms with Crippen LogP contribution in [0, 0.1) is 0 Å². The minimum absolute atomic E-state index is 0.0628. The summed E-state index contributed by atoms with van der Waals surface area (Å²) in [5.41, 5.74) is 3.78. The summed E-state index contributed by atoms with van der Waals surface area (Å²) in [6, 6.07) is 20.9. The smallest absolute Gasteiger partial charge is 0.280 e. The van der Waals surface area contributed by atoms with Crippen molar-refractivity contribution in [3.05, 3.63) is 83.9 Å². The summed E-state index contributed by atoms with van der Waals surface area (Å²) in [7, 11) is 0. The Morgan fingerprint density at radius 2 is 1.73 bits per heavy atom. The van der Waals surface area contributed by atoms with Crippen molar-refractivity contribution in [3.8, 4) is 23.0 Å². The van der Waals surface area contributed by atoms with Gasteiger partial charge in [0.1, 0.15) is 29.6 Å². The minimum atomic E-state index is -0.786. The van der Waals surface area contributed by atoms with Crippen LogP contribution in [-0.2, 0) is 11.4 Å². The third-order valence-corrected chi connectivity index (χ3v) is 4.15. The second-order valence-electron chi connectivity index (χ2n) is 6.48. The molecule has 30 heavy (non-hydrogen) atoms. The molecule has 0 aliphatic rings. The number of hydrogen-bond donors (Lipinski definition) is 3. The van der Waals surface area contributed by atoms with Crippen LogP contribution in [0.5, 0.6) is 23.0 Å². The van der Waals surface area contributed by atoms with Crippen molar-refractivity contribution in [1.29, 1.82) is 0 Å². The zero-order chi connectivity index (χ0) is 21.3. The van der Waals surface area contributed by atoms with Gasteiger partial charge in [-0.25, -0.2) is 5.43 Å². The predicted octanol–water partition coefficient (Wildman–Crippen LogP) is 3.59. The van der Waals surface area contributed by atoms with Gasteiger partial charge in [-0.1, -0.05) is 30.3 Å². The Kier molecular flexibility index (Phi) is 6.89. The Morgan fingerprint density at radius 1 is 1.03 bits per heavy atom. The van der Waals surface area contributed by atoms with Crippen LogP contribution in [0.2, 0.25) is 0 Å². The van der Waals surface area contributed by atoms with E-state index in [-0.39, 0.29) is 11.5 Å². The monoisotopic (exact) mass is 406 g/mol. The molecule has 0 fully saturated rings. The molecule has 154 valence electrons. The van der Waals surface area contributed by atoms with Crippen molar-refractivity contribution in [2.24, 2.45) is 5.10 Å². The first kappa shape index (κ1) is 20.7. The van der Waals surface area contributed by atoms with Crippen molar-refractivity contribution in [2.75, 3.05) is 0 Å². The van der Waals surface area contributed by atoms with Crippen molar-refractivity contribution >= 4 is 12.1 Å². The van der Waals surface area contributed by atoms with Crippen LogP contribution >= 0.6 is 0 Å². The van der Waals surface area contributed by atoms with E-state index in [1.807, 2.05) is 30.3 Å². The number of ether oxygens (including phenoxy) is 2. The number of aromatic hydroxyl groups is 2. The molecule has 3 aromatic carbocycles. The van der Waals surface area contributed by atoms with Gasteiger partial charge in [-0.2, -0.15) is 5.10 Å². The van der Waals surface area contributed by atoms with E-state index in [0.29, 0.717) is 23.7 Å². The van der Waals surface area contributed by atoms with Crippen LogP contribution in [0.15, 0.2) is 77.9 Å². The molecular formula is C23H22N2O5. The van der Waals surface area contributed by atoms with E-state index in [2.05, 4.69) is 10.5 Å². The molecule has 0 bridgehead atoms. The Labute approximate surface area is 174 Å². The molecule has 1 amide bonds. The molecule has 0 saturated heterocycles. The molecular weight excluding hydrogens is 384 g/mol. The second-order valence-corrected chi connectivity index (χ2v) is 6.48. The van der Waals surface area contributed by atoms with Gasteiger partial charge in [0.25, 0.3) is 5.91 Å². The fraction of sp³-hybridized carbons (Fsp3) is 0.130. The molecule has 3 rings (SSSR count). The van der Waals surface area contributed by atoms with Gasteiger partial charge in [0.15, 0.2) is 6.10 Å². The van der Waals surface area contributed by atoms with E-state index in [4.69, 9.17) is 9.47 Å². The van der Waals surface area contributed by atoms with Crippen molar-refractivity contribution in [2.45, 2.75) is 19.6 Å². The van der Waals surface area contributed by atoms with E-state index >= 15 is 0 Å². The summed E-state index contributed by atoms with van der Waals surface area (Å²) >= 11 is 0. The first-order chi connectivity index (χ1) is 14.5. The van der Waals surface area contributed by atoms with Gasteiger partial charge < -0.3 is 19.7 Å². The Bertz CT molecular complexity index is 1000. The lowest BCUT2D eigenvalue weighted by Gasteiger charge is -2.13. The molecule has 7 nitrogen and oxygen atoms in total. The average Bonchev–Trinajstić information content (AvgIpc) is 2.75. The summed E-state index contributed by atoms with van der Waals surface area (Å²) in [6.07, 6.45) is 0.491. The Balaban J connectivity index is 1.48. The fourth-order valence-corrected chi connectivity index (χ4v) is 2.51. The van der Waals surface area contributed by atoms with Crippen LogP contribution in [0.25, 0.3) is 0 Å². The van der Waals surface area contributed by atoms with Gasteiger partial charge in [-0.15, -0.1) is 0 Å². The van der Waals surface area contributed by atoms with Crippen LogP contribution in [-0.4, -0.2) is 28.4 Å². The van der Waals surface area contributed by atoms with Gasteiger partial charge in [0.2, 0.25) is 0 Å². The maximum absolute atomic E-state index is 12.1. The largest absolute Gasteiger partial charge is 0.508 e. The number of benzene rings is 3. The summed E-state index contributed by atoms with van der Waals surface area (Å²) in [5.74, 6) is 0.555. The van der Waals surface area contributed by atoms with Crippen LogP contribution in [0.3, 0.4) is 0 Å². The first-order valence-corrected chi connectivity index (χ1v) is 9.29. The highest BCUT2D eigenvalue weighted by atomic mass is 16.5. The van der Waals surface area contributed by atoms with Gasteiger partial charge in [0.05, 0.1) is 6.21 Å². The summed E-state index contributed by atoms with van der Waals surface area (Å²) in [4.78, 5) is 12.1. The van der Waals surface area contributed by atoms with Gasteiger partial charge in [-0.3, -0.25) is 4.79 Å². The maximum atomic E-state index is 12.1. The number of phenols is 2. The summed E-state index contributed by atoms with van der Waals surface area (Å²) in [6.45, 7) is 2.07. The van der Waals surface area contributed by atoms with Crippen molar-refractivity contribution in [1.82, 2.24) is 5.43 Å². The zero-order valence-corrected chi connectivity index (χ0v) is 16.4. The number of phenolic OH excluding ortho intramolecular Hbond substituents is 2. The third kappa shape index (κ3) is 6.00. The molecule has 0 aliphatic carbocycles. The van der Waals surface area contributed by atoms with Gasteiger partial charge in [-0.05, 0) is 48.9 Å². The summed E-state index contributed by atoms with van der Waals surface area (Å²) in [5, 5.41) is 22.7. The molecule has 0 heterocycles. The number of hydrogen-bond acceptors (Lipinski definition) is 6. The molecule has 3 aromatic rings. The number of carbonyl (C=O) groups excluding carboxylic acids is 1. The van der Waals surface area contributed by atoms with E-state index in [1.54, 1.807) is 31.2 Å². The Hall–Kier alpha value is -4.00. The number of carbonyl (C=O) groups is 1. The number of hydrazone groups is 1. The number of rotatable bonds is 8. The molecule has 0 aliphatic heterocycles. The molecule has 0 aromatic heterocycles. The van der Waals surface area contributed by atoms with Crippen LogP contribution < -0.4 is 14.9 Å². The molecule has 0 radical (unpaired) electrons. The highest BCUT2D eigenvalue weighted by Gasteiger charge is 2.14. The van der Waals surface area contributed by atoms with Crippen molar-refractivity contribution < 1.29 is 24.5 Å². The van der Waals surface area contributed by atoms with E-state index < -0.39 is 12.0 Å². The lowest BCUT2D eigenvalue weighted by molar-refractivity contribution is -0.127. The lowest BCUT2D eigenvalue weighted by Crippen LogP contribution is -2.33. The predicted molar refractivity (Wildman–Crippen MR) is 113 cm³/mol. The molecule has 3 N–H and O–H groups in total. The fourth-order valence-electron chi connectivity index (χ4n) is 2.51. The first-order valence-electron chi connectivity index (χ1n) is 9.29. The molecule has 0 unspecified atom stereocenters. The van der Waals surface area contributed by atoms with Gasteiger partial charge in [0, 0.05) is 11.6 Å². The maximum Gasteiger partial charge on any atom is 0.280 e. The minimum Gasteiger partial charge on any atom is -0.508 e. The Morgan fingerprint density at radius 3 is 2.43 bits per heavy atom.